The van der Waals surface area contributed by atoms with E-state index in [0.29, 0.717) is 81.7 Å². The lowest BCUT2D eigenvalue weighted by atomic mass is 9.89. The van der Waals surface area contributed by atoms with Gasteiger partial charge in [-0.3, -0.25) is 39.6 Å². The van der Waals surface area contributed by atoms with Gasteiger partial charge in [-0.2, -0.15) is 0 Å². The van der Waals surface area contributed by atoms with E-state index in [0.717, 1.165) is 24.8 Å². The van der Waals surface area contributed by atoms with Crippen LogP contribution >= 0.6 is 34.8 Å². The van der Waals surface area contributed by atoms with Crippen molar-refractivity contribution in [2.75, 3.05) is 80.3 Å². The number of guanidine groups is 2. The number of anilines is 6. The van der Waals surface area contributed by atoms with E-state index in [4.69, 9.17) is 95.9 Å². The summed E-state index contributed by atoms with van der Waals surface area (Å²) in [4.78, 5) is 98.6. The summed E-state index contributed by atoms with van der Waals surface area (Å²) in [5.41, 5.74) is 47.1. The van der Waals surface area contributed by atoms with Crippen LogP contribution in [0.4, 0.5) is 34.9 Å². The normalized spacial score (nSPS) is 14.5. The summed E-state index contributed by atoms with van der Waals surface area (Å²) >= 11 is 17.5. The van der Waals surface area contributed by atoms with Crippen molar-refractivity contribution in [2.24, 2.45) is 27.4 Å². The van der Waals surface area contributed by atoms with E-state index in [1.807, 2.05) is 24.3 Å². The molecule has 2 aliphatic rings. The molecule has 4 amide bonds. The number of aliphatic imine (C=N–C) groups is 2. The first-order valence-electron chi connectivity index (χ1n) is 25.8. The number of carbonyl (C=O) groups is 5. The molecule has 2 aliphatic heterocycles. The number of nitrogen functional groups attached to an aromatic ring is 6. The maximum Gasteiger partial charge on any atom is 0.280 e. The third kappa shape index (κ3) is 18.4. The Kier molecular flexibility index (Phi) is 22.8. The smallest absolute Gasteiger partial charge is 0.280 e. The molecular formula is C51H64Cl3N21O8. The predicted molar refractivity (Wildman–Crippen MR) is 314 cm³/mol. The first kappa shape index (κ1) is 63.4. The number of aryl methyl sites for hydroxylation is 1. The number of hydrogen-bond donors (Lipinski definition) is 13. The van der Waals surface area contributed by atoms with Gasteiger partial charge in [0.05, 0.1) is 19.1 Å². The number of rotatable bonds is 19. The number of nitrogens with one attached hydrogen (secondary N) is 3. The van der Waals surface area contributed by atoms with Gasteiger partial charge in [-0.1, -0.05) is 46.9 Å². The number of aliphatic hydroxyl groups excluding tert-OH is 2. The van der Waals surface area contributed by atoms with E-state index in [2.05, 4.69) is 50.5 Å². The van der Waals surface area contributed by atoms with Crippen LogP contribution in [0.2, 0.25) is 15.5 Å². The second-order valence-electron chi connectivity index (χ2n) is 19.1. The van der Waals surface area contributed by atoms with Gasteiger partial charge < -0.3 is 76.0 Å². The molecule has 7 rings (SSSR count). The van der Waals surface area contributed by atoms with Gasteiger partial charge in [0.15, 0.2) is 85.2 Å². The van der Waals surface area contributed by atoms with Crippen molar-refractivity contribution in [1.29, 1.82) is 5.41 Å². The van der Waals surface area contributed by atoms with Gasteiger partial charge in [-0.05, 0) is 99.2 Å². The number of nitrogens with zero attached hydrogens (tertiary/aromatic N) is 10. The topological polar surface area (TPSA) is 500 Å². The van der Waals surface area contributed by atoms with Crippen LogP contribution < -0.4 is 61.2 Å². The Morgan fingerprint density at radius 1 is 0.651 bits per heavy atom. The lowest BCUT2D eigenvalue weighted by Crippen LogP contribution is -2.42. The maximum absolute atomic E-state index is 13.2. The number of benzene rings is 2. The van der Waals surface area contributed by atoms with Crippen LogP contribution in [0.25, 0.3) is 0 Å². The van der Waals surface area contributed by atoms with Crippen molar-refractivity contribution >= 4 is 117 Å². The number of amides is 4. The molecule has 1 unspecified atom stereocenters. The van der Waals surface area contributed by atoms with Crippen LogP contribution in [0.15, 0.2) is 58.5 Å². The lowest BCUT2D eigenvalue weighted by molar-refractivity contribution is 0.0536. The number of ketones is 1. The van der Waals surface area contributed by atoms with Gasteiger partial charge in [-0.15, -0.1) is 0 Å². The summed E-state index contributed by atoms with van der Waals surface area (Å²) in [5.74, 6) is -2.38. The highest BCUT2D eigenvalue weighted by molar-refractivity contribution is 6.32. The molecule has 1 atom stereocenters. The fourth-order valence-electron chi connectivity index (χ4n) is 8.48. The molecule has 3 aromatic heterocycles. The Morgan fingerprint density at radius 3 is 1.60 bits per heavy atom. The molecule has 2 fully saturated rings. The Labute approximate surface area is 490 Å². The molecule has 442 valence electrons. The Hall–Kier alpha value is -8.77. The van der Waals surface area contributed by atoms with Crippen LogP contribution in [0.3, 0.4) is 0 Å². The molecule has 2 aromatic carbocycles. The fourth-order valence-corrected chi connectivity index (χ4v) is 8.86. The minimum absolute atomic E-state index is 0.0380. The van der Waals surface area contributed by atoms with Gasteiger partial charge in [0.25, 0.3) is 23.6 Å². The molecular weight excluding hydrogens is 1140 g/mol. The van der Waals surface area contributed by atoms with Crippen molar-refractivity contribution in [3.8, 4) is 5.75 Å². The van der Waals surface area contributed by atoms with Crippen LogP contribution in [0.5, 0.6) is 5.75 Å². The second-order valence-corrected chi connectivity index (χ2v) is 20.2. The molecule has 0 aliphatic carbocycles. The molecule has 0 spiro atoms. The van der Waals surface area contributed by atoms with E-state index < -0.39 is 23.7 Å². The fraction of sp³-hybridized carbons (Fsp3) is 0.373. The van der Waals surface area contributed by atoms with Gasteiger partial charge in [0.1, 0.15) is 18.5 Å². The van der Waals surface area contributed by atoms with E-state index in [1.165, 1.54) is 0 Å². The van der Waals surface area contributed by atoms with Crippen molar-refractivity contribution in [2.45, 2.75) is 69.9 Å². The minimum Gasteiger partial charge on any atom is -0.491 e. The van der Waals surface area contributed by atoms with E-state index in [-0.39, 0.29) is 128 Å². The first-order valence-corrected chi connectivity index (χ1v) is 26.9. The summed E-state index contributed by atoms with van der Waals surface area (Å²) in [6.45, 7) is 1.96. The van der Waals surface area contributed by atoms with Crippen molar-refractivity contribution in [1.82, 2.24) is 50.3 Å². The number of ether oxygens (including phenoxy) is 1. The number of nitrogens with two attached hydrogens (primary N) is 8. The van der Waals surface area contributed by atoms with Gasteiger partial charge in [-0.25, -0.2) is 34.9 Å². The number of hydrogen-bond acceptors (Lipinski definition) is 23. The summed E-state index contributed by atoms with van der Waals surface area (Å²) in [6, 6.07) is 13.8. The number of unbranched alkanes of at least 4 members (excludes halogenated alkanes) is 1. The number of likely N-dealkylation sites (tertiary alicyclic amines) is 2. The standard InChI is InChI=1S/C32H38Cl2N14O4.C19H26ClN7O4/c33-23-27(38)44-25(36)21(42-23)20(49)14-18(35)13-15-5-9-47(10-6-15)30(51)16-1-3-17(4-2-16)31(52)48-11-7-19(8-12-48)41-32(40)46-29(50)22-26(37)45-28(39)24(34)43-22;20-15-17(22)26-16(21)14(25-15)18(30)27-19(23)24-8-2-1-3-11-4-6-13(7-5-11)31-10-12(29)9-28/h1-4,15,19,35H,5-14H2,(H4,36,38,44)(H4,37,39,45)(H3,40,41,46,50);4-7,12,28-29H,1-3,8-10H2,(H4,21,22,26)(H3,23,24,27,30). The second kappa shape index (κ2) is 29.8. The average Bonchev–Trinajstić information content (AvgIpc) is 3.65. The zero-order valence-electron chi connectivity index (χ0n) is 44.7. The third-order valence-electron chi connectivity index (χ3n) is 12.9. The minimum atomic E-state index is -0.896. The Bertz CT molecular complexity index is 3230. The summed E-state index contributed by atoms with van der Waals surface area (Å²) in [5, 5.41) is 30.8. The van der Waals surface area contributed by atoms with Crippen LogP contribution in [0, 0.1) is 11.3 Å². The molecule has 5 aromatic rings. The van der Waals surface area contributed by atoms with Crippen LogP contribution in [-0.4, -0.2) is 155 Å². The van der Waals surface area contributed by atoms with Gasteiger partial charge in [0.2, 0.25) is 0 Å². The summed E-state index contributed by atoms with van der Waals surface area (Å²) in [6.07, 6.45) is 4.16. The lowest BCUT2D eigenvalue weighted by Gasteiger charge is -2.32. The zero-order chi connectivity index (χ0) is 60.5. The van der Waals surface area contributed by atoms with Gasteiger partial charge in [0, 0.05) is 49.6 Å². The predicted octanol–water partition coefficient (Wildman–Crippen LogP) is 1.88. The Morgan fingerprint density at radius 2 is 1.11 bits per heavy atom. The first-order chi connectivity index (χ1) is 39.5. The number of piperidine rings is 2. The van der Waals surface area contributed by atoms with Crippen LogP contribution in [0.1, 0.15) is 109 Å². The Balaban J connectivity index is 0.000000304. The van der Waals surface area contributed by atoms with Crippen molar-refractivity contribution in [3.63, 3.8) is 0 Å². The van der Waals surface area contributed by atoms with Crippen molar-refractivity contribution < 1.29 is 38.9 Å². The summed E-state index contributed by atoms with van der Waals surface area (Å²) in [7, 11) is 0. The maximum atomic E-state index is 13.2. The number of halogens is 3. The molecule has 21 N–H and O–H groups in total. The molecule has 29 nitrogen and oxygen atoms in total. The number of aliphatic hydroxyl groups is 2. The van der Waals surface area contributed by atoms with E-state index >= 15 is 0 Å². The summed E-state index contributed by atoms with van der Waals surface area (Å²) < 4.78 is 5.36. The molecule has 0 saturated carbocycles. The number of aromatic nitrogens is 6. The zero-order valence-corrected chi connectivity index (χ0v) is 47.0. The molecule has 2 saturated heterocycles. The average molecular weight is 1210 g/mol. The molecule has 32 heteroatoms. The van der Waals surface area contributed by atoms with E-state index in [9.17, 15) is 29.1 Å². The SMILES string of the molecule is N=C(CC(=O)c1nc(Cl)c(N)nc1N)CC1CCN(C(=O)c2ccc(C(=O)N3CCC(N=C(N)NC(=O)c4nc(Cl)c(N)nc4N)CC3)cc2)CC1.NC(=NCCCCc1ccc(OCC(O)CO)cc1)NC(=O)c1nc(Cl)c(N)nc1N. The monoisotopic (exact) mass is 1200 g/mol. The number of Topliss-reactive ketones (excluding diaryl/α,β-unsaturated/α-hetero) is 1. The molecule has 0 bridgehead atoms. The quantitative estimate of drug-likeness (QED) is 0.0243. The molecule has 5 heterocycles. The third-order valence-corrected chi connectivity index (χ3v) is 13.7. The highest BCUT2D eigenvalue weighted by Gasteiger charge is 2.28. The highest BCUT2D eigenvalue weighted by Crippen LogP contribution is 2.26. The number of carbonyl (C=O) groups excluding carboxylic acids is 5. The highest BCUT2D eigenvalue weighted by atomic mass is 35.5. The van der Waals surface area contributed by atoms with Gasteiger partial charge >= 0.3 is 0 Å². The van der Waals surface area contributed by atoms with E-state index in [1.54, 1.807) is 34.1 Å². The largest absolute Gasteiger partial charge is 0.491 e. The molecule has 0 radical (unpaired) electrons. The molecule has 83 heavy (non-hydrogen) atoms. The van der Waals surface area contributed by atoms with Crippen molar-refractivity contribution in [3.05, 3.63) is 97.8 Å². The van der Waals surface area contributed by atoms with Crippen LogP contribution in [-0.2, 0) is 6.42 Å².